The third-order valence-corrected chi connectivity index (χ3v) is 6.60. The van der Waals surface area contributed by atoms with Crippen molar-refractivity contribution >= 4 is 16.9 Å². The van der Waals surface area contributed by atoms with E-state index in [1.807, 2.05) is 59.5 Å². The van der Waals surface area contributed by atoms with Crippen LogP contribution < -0.4 is 0 Å². The van der Waals surface area contributed by atoms with Gasteiger partial charge < -0.3 is 15.0 Å². The van der Waals surface area contributed by atoms with E-state index in [1.165, 1.54) is 0 Å². The van der Waals surface area contributed by atoms with Crippen molar-refractivity contribution in [3.8, 4) is 0 Å². The summed E-state index contributed by atoms with van der Waals surface area (Å²) in [7, 11) is 0. The van der Waals surface area contributed by atoms with Crippen LogP contribution in [0.4, 0.5) is 0 Å². The molecule has 1 aromatic heterocycles. The standard InChI is InChI=1S/C23H25N3O2/c27-22(21-24-18-11-5-6-12-19(18)25-21)26-15-14-23(28,16-8-2-1-3-9-16)17-10-4-7-13-20(17)26/h1-3,5-6,8-9,11-12,17,20,28H,4,7,10,13-15H2,(H,24,25)/t17-,20?,23+/m0/s1. The average molecular weight is 375 g/mol. The van der Waals surface area contributed by atoms with Crippen LogP contribution in [0.5, 0.6) is 0 Å². The van der Waals surface area contributed by atoms with Gasteiger partial charge in [-0.15, -0.1) is 0 Å². The highest BCUT2D eigenvalue weighted by Gasteiger charge is 2.50. The van der Waals surface area contributed by atoms with Gasteiger partial charge in [0.05, 0.1) is 16.6 Å². The van der Waals surface area contributed by atoms with Gasteiger partial charge in [-0.25, -0.2) is 4.98 Å². The number of imidazole rings is 1. The second kappa shape index (κ2) is 6.74. The number of aromatic amines is 1. The maximum atomic E-state index is 13.3. The third-order valence-electron chi connectivity index (χ3n) is 6.60. The topological polar surface area (TPSA) is 69.2 Å². The number of aromatic nitrogens is 2. The molecular weight excluding hydrogens is 350 g/mol. The zero-order chi connectivity index (χ0) is 19.1. The number of carbonyl (C=O) groups excluding carboxylic acids is 1. The molecule has 1 aliphatic heterocycles. The Morgan fingerprint density at radius 2 is 1.82 bits per heavy atom. The molecule has 2 fully saturated rings. The van der Waals surface area contributed by atoms with Crippen molar-refractivity contribution in [2.75, 3.05) is 6.54 Å². The molecule has 2 N–H and O–H groups in total. The first-order valence-corrected chi connectivity index (χ1v) is 10.2. The Hall–Kier alpha value is -2.66. The summed E-state index contributed by atoms with van der Waals surface area (Å²) in [5.74, 6) is 0.407. The molecule has 5 heteroatoms. The second-order valence-electron chi connectivity index (χ2n) is 8.10. The number of nitrogens with one attached hydrogen (secondary N) is 1. The molecular formula is C23H25N3O2. The normalized spacial score (nSPS) is 27.5. The summed E-state index contributed by atoms with van der Waals surface area (Å²) in [4.78, 5) is 23.0. The Kier molecular flexibility index (Phi) is 4.20. The maximum Gasteiger partial charge on any atom is 0.289 e. The minimum Gasteiger partial charge on any atom is -0.385 e. The molecule has 5 nitrogen and oxygen atoms in total. The molecule has 3 aromatic rings. The van der Waals surface area contributed by atoms with E-state index in [2.05, 4.69) is 9.97 Å². The lowest BCUT2D eigenvalue weighted by molar-refractivity contribution is -0.110. The molecule has 1 aliphatic carbocycles. The van der Waals surface area contributed by atoms with Gasteiger partial charge in [0.25, 0.3) is 5.91 Å². The van der Waals surface area contributed by atoms with Crippen molar-refractivity contribution in [2.45, 2.75) is 43.7 Å². The van der Waals surface area contributed by atoms with Crippen LogP contribution in [0.3, 0.4) is 0 Å². The van der Waals surface area contributed by atoms with Gasteiger partial charge >= 0.3 is 0 Å². The van der Waals surface area contributed by atoms with E-state index in [-0.39, 0.29) is 17.9 Å². The lowest BCUT2D eigenvalue weighted by Crippen LogP contribution is -2.59. The molecule has 3 atom stereocenters. The number of H-pyrrole nitrogens is 1. The third kappa shape index (κ3) is 2.73. The van der Waals surface area contributed by atoms with Crippen LogP contribution in [-0.4, -0.2) is 38.5 Å². The number of fused-ring (bicyclic) bond motifs is 2. The second-order valence-corrected chi connectivity index (χ2v) is 8.10. The highest BCUT2D eigenvalue weighted by Crippen LogP contribution is 2.47. The molecule has 1 amide bonds. The molecule has 0 bridgehead atoms. The van der Waals surface area contributed by atoms with E-state index in [4.69, 9.17) is 0 Å². The van der Waals surface area contributed by atoms with Gasteiger partial charge in [-0.05, 0) is 37.0 Å². The van der Waals surface area contributed by atoms with Gasteiger partial charge in [0.2, 0.25) is 0 Å². The van der Waals surface area contributed by atoms with Crippen molar-refractivity contribution in [1.29, 1.82) is 0 Å². The first-order valence-electron chi connectivity index (χ1n) is 10.2. The van der Waals surface area contributed by atoms with E-state index < -0.39 is 5.60 Å². The summed E-state index contributed by atoms with van der Waals surface area (Å²) < 4.78 is 0. The molecule has 144 valence electrons. The molecule has 2 aromatic carbocycles. The fourth-order valence-corrected chi connectivity index (χ4v) is 5.21. The van der Waals surface area contributed by atoms with E-state index in [1.54, 1.807) is 0 Å². The Morgan fingerprint density at radius 1 is 1.07 bits per heavy atom. The first-order chi connectivity index (χ1) is 13.7. The fraction of sp³-hybridized carbons (Fsp3) is 0.391. The first kappa shape index (κ1) is 17.4. The number of para-hydroxylation sites is 2. The predicted molar refractivity (Wildman–Crippen MR) is 108 cm³/mol. The smallest absolute Gasteiger partial charge is 0.289 e. The monoisotopic (exact) mass is 375 g/mol. The van der Waals surface area contributed by atoms with Crippen molar-refractivity contribution in [2.24, 2.45) is 5.92 Å². The van der Waals surface area contributed by atoms with Crippen LogP contribution in [-0.2, 0) is 5.60 Å². The van der Waals surface area contributed by atoms with E-state index in [9.17, 15) is 9.90 Å². The van der Waals surface area contributed by atoms with Gasteiger partial charge in [-0.3, -0.25) is 4.79 Å². The van der Waals surface area contributed by atoms with E-state index >= 15 is 0 Å². The number of nitrogens with zero attached hydrogens (tertiary/aromatic N) is 2. The number of benzene rings is 2. The van der Waals surface area contributed by atoms with Gasteiger partial charge in [-0.1, -0.05) is 55.3 Å². The maximum absolute atomic E-state index is 13.3. The number of aliphatic hydroxyl groups is 1. The fourth-order valence-electron chi connectivity index (χ4n) is 5.21. The van der Waals surface area contributed by atoms with Crippen LogP contribution in [0.25, 0.3) is 11.0 Å². The summed E-state index contributed by atoms with van der Waals surface area (Å²) in [5, 5.41) is 11.7. The van der Waals surface area contributed by atoms with Gasteiger partial charge in [0, 0.05) is 18.5 Å². The quantitative estimate of drug-likeness (QED) is 0.715. The minimum absolute atomic E-state index is 0.0495. The van der Waals surface area contributed by atoms with Crippen LogP contribution >= 0.6 is 0 Å². The van der Waals surface area contributed by atoms with E-state index in [0.717, 1.165) is 42.3 Å². The Bertz CT molecular complexity index is 966. The van der Waals surface area contributed by atoms with Gasteiger partial charge in [-0.2, -0.15) is 0 Å². The minimum atomic E-state index is -0.864. The summed E-state index contributed by atoms with van der Waals surface area (Å²) in [6.07, 6.45) is 4.63. The number of hydrogen-bond donors (Lipinski definition) is 2. The predicted octanol–water partition coefficient (Wildman–Crippen LogP) is 3.86. The van der Waals surface area contributed by atoms with Crippen molar-refractivity contribution in [3.63, 3.8) is 0 Å². The summed E-state index contributed by atoms with van der Waals surface area (Å²) in [6, 6.07) is 17.7. The molecule has 2 heterocycles. The zero-order valence-electron chi connectivity index (χ0n) is 15.8. The van der Waals surface area contributed by atoms with Crippen LogP contribution in [0, 0.1) is 5.92 Å². The van der Waals surface area contributed by atoms with E-state index in [0.29, 0.717) is 18.8 Å². The van der Waals surface area contributed by atoms with Crippen LogP contribution in [0.2, 0.25) is 0 Å². The van der Waals surface area contributed by atoms with Gasteiger partial charge in [0.15, 0.2) is 5.82 Å². The van der Waals surface area contributed by atoms with Crippen LogP contribution in [0.15, 0.2) is 54.6 Å². The Labute approximate surface area is 164 Å². The largest absolute Gasteiger partial charge is 0.385 e. The summed E-state index contributed by atoms with van der Waals surface area (Å²) in [5.41, 5.74) is 1.80. The molecule has 1 saturated carbocycles. The lowest BCUT2D eigenvalue weighted by atomic mass is 9.66. The number of amides is 1. The highest BCUT2D eigenvalue weighted by molar-refractivity contribution is 5.94. The lowest BCUT2D eigenvalue weighted by Gasteiger charge is -2.52. The average Bonchev–Trinajstić information content (AvgIpc) is 3.19. The SMILES string of the molecule is O=C(c1nc2ccccc2[nH]1)N1CC[C@@](O)(c2ccccc2)[C@H]2CCCCC21. The Balaban J connectivity index is 1.48. The van der Waals surface area contributed by atoms with Crippen molar-refractivity contribution < 1.29 is 9.90 Å². The van der Waals surface area contributed by atoms with Crippen LogP contribution in [0.1, 0.15) is 48.3 Å². The number of hydrogen-bond acceptors (Lipinski definition) is 3. The molecule has 5 rings (SSSR count). The summed E-state index contributed by atoms with van der Waals surface area (Å²) in [6.45, 7) is 0.544. The molecule has 1 saturated heterocycles. The van der Waals surface area contributed by atoms with Crippen molar-refractivity contribution in [3.05, 3.63) is 66.0 Å². The zero-order valence-corrected chi connectivity index (χ0v) is 15.8. The molecule has 28 heavy (non-hydrogen) atoms. The molecule has 0 radical (unpaired) electrons. The number of rotatable bonds is 2. The number of carbonyl (C=O) groups is 1. The number of likely N-dealkylation sites (tertiary alicyclic amines) is 1. The molecule has 0 spiro atoms. The van der Waals surface area contributed by atoms with Crippen molar-refractivity contribution in [1.82, 2.24) is 14.9 Å². The molecule has 1 unspecified atom stereocenters. The Morgan fingerprint density at radius 3 is 2.64 bits per heavy atom. The van der Waals surface area contributed by atoms with Gasteiger partial charge in [0.1, 0.15) is 0 Å². The molecule has 2 aliphatic rings. The highest BCUT2D eigenvalue weighted by atomic mass is 16.3. The summed E-state index contributed by atoms with van der Waals surface area (Å²) >= 11 is 0. The number of piperidine rings is 1.